The van der Waals surface area contributed by atoms with E-state index in [-0.39, 0.29) is 6.10 Å². The quantitative estimate of drug-likeness (QED) is 0.656. The highest BCUT2D eigenvalue weighted by Gasteiger charge is 2.20. The van der Waals surface area contributed by atoms with Crippen molar-refractivity contribution < 1.29 is 9.47 Å². The summed E-state index contributed by atoms with van der Waals surface area (Å²) in [6.45, 7) is 5.38. The Labute approximate surface area is 156 Å². The first-order chi connectivity index (χ1) is 12.7. The van der Waals surface area contributed by atoms with Crippen LogP contribution < -0.4 is 10.1 Å². The molecule has 0 bridgehead atoms. The maximum Gasteiger partial charge on any atom is 0.194 e. The van der Waals surface area contributed by atoms with Crippen molar-refractivity contribution in [3.8, 4) is 5.75 Å². The number of nitrogens with zero attached hydrogens (tertiary/aromatic N) is 3. The molecule has 1 unspecified atom stereocenters. The summed E-state index contributed by atoms with van der Waals surface area (Å²) in [5.74, 6) is 1.85. The van der Waals surface area contributed by atoms with Crippen molar-refractivity contribution in [1.82, 2.24) is 15.1 Å². The number of ether oxygens (including phenoxy) is 2. The van der Waals surface area contributed by atoms with Crippen LogP contribution in [0.4, 0.5) is 0 Å². The van der Waals surface area contributed by atoms with Gasteiger partial charge in [0.25, 0.3) is 0 Å². The molecule has 1 atom stereocenters. The van der Waals surface area contributed by atoms with Gasteiger partial charge in [0.05, 0.1) is 19.8 Å². The van der Waals surface area contributed by atoms with Crippen LogP contribution in [0.1, 0.15) is 12.0 Å². The van der Waals surface area contributed by atoms with E-state index in [0.717, 1.165) is 57.5 Å². The molecule has 0 aliphatic carbocycles. The number of aliphatic imine (C=N–C) groups is 1. The van der Waals surface area contributed by atoms with E-state index < -0.39 is 0 Å². The molecule has 1 N–H and O–H groups in total. The van der Waals surface area contributed by atoms with Crippen molar-refractivity contribution in [2.75, 3.05) is 60.5 Å². The monoisotopic (exact) mass is 358 g/mol. The van der Waals surface area contributed by atoms with Crippen LogP contribution in [-0.2, 0) is 4.74 Å². The van der Waals surface area contributed by atoms with Gasteiger partial charge in [0.1, 0.15) is 5.75 Å². The molecule has 142 valence electrons. The minimum Gasteiger partial charge on any atom is -0.497 e. The molecule has 0 spiro atoms. The first-order valence-corrected chi connectivity index (χ1v) is 9.29. The molecular weight excluding hydrogens is 328 g/mol. The van der Waals surface area contributed by atoms with E-state index in [1.54, 1.807) is 7.11 Å². The SMILES string of the molecule is CN=C(NCC1CN(C)CCO1)N1CC=C(c2cccc(OC)c2)CC1. The second-order valence-electron chi connectivity index (χ2n) is 6.84. The summed E-state index contributed by atoms with van der Waals surface area (Å²) in [5.41, 5.74) is 2.61. The highest BCUT2D eigenvalue weighted by atomic mass is 16.5. The number of hydrogen-bond donors (Lipinski definition) is 1. The van der Waals surface area contributed by atoms with Gasteiger partial charge in [-0.05, 0) is 36.7 Å². The Bertz CT molecular complexity index is 659. The summed E-state index contributed by atoms with van der Waals surface area (Å²) in [4.78, 5) is 9.05. The van der Waals surface area contributed by atoms with Crippen LogP contribution in [-0.4, -0.2) is 82.4 Å². The first-order valence-electron chi connectivity index (χ1n) is 9.29. The van der Waals surface area contributed by atoms with Crippen molar-refractivity contribution in [2.45, 2.75) is 12.5 Å². The van der Waals surface area contributed by atoms with Gasteiger partial charge in [-0.25, -0.2) is 0 Å². The van der Waals surface area contributed by atoms with Crippen LogP contribution in [0.25, 0.3) is 5.57 Å². The zero-order valence-corrected chi connectivity index (χ0v) is 16.1. The summed E-state index contributed by atoms with van der Waals surface area (Å²) in [6.07, 6.45) is 3.50. The minimum atomic E-state index is 0.221. The van der Waals surface area contributed by atoms with Gasteiger partial charge in [-0.2, -0.15) is 0 Å². The molecule has 2 aliphatic rings. The fourth-order valence-corrected chi connectivity index (χ4v) is 3.47. The summed E-state index contributed by atoms with van der Waals surface area (Å²) >= 11 is 0. The molecule has 0 radical (unpaired) electrons. The molecule has 1 fully saturated rings. The zero-order valence-electron chi connectivity index (χ0n) is 16.1. The van der Waals surface area contributed by atoms with Crippen LogP contribution in [0.3, 0.4) is 0 Å². The van der Waals surface area contributed by atoms with Gasteiger partial charge in [-0.1, -0.05) is 18.2 Å². The third-order valence-electron chi connectivity index (χ3n) is 4.99. The van der Waals surface area contributed by atoms with Crippen LogP contribution in [0.15, 0.2) is 35.3 Å². The summed E-state index contributed by atoms with van der Waals surface area (Å²) in [6, 6.07) is 8.28. The van der Waals surface area contributed by atoms with Crippen molar-refractivity contribution >= 4 is 11.5 Å². The lowest BCUT2D eigenvalue weighted by atomic mass is 9.99. The number of benzene rings is 1. The normalized spacial score (nSPS) is 22.1. The van der Waals surface area contributed by atoms with Gasteiger partial charge in [0.2, 0.25) is 0 Å². The first kappa shape index (κ1) is 18.7. The molecule has 1 saturated heterocycles. The van der Waals surface area contributed by atoms with Crippen LogP contribution in [0.2, 0.25) is 0 Å². The fraction of sp³-hybridized carbons (Fsp3) is 0.550. The number of hydrogen-bond acceptors (Lipinski definition) is 4. The lowest BCUT2D eigenvalue weighted by Crippen LogP contribution is -2.50. The Kier molecular flexibility index (Phi) is 6.52. The minimum absolute atomic E-state index is 0.221. The van der Waals surface area contributed by atoms with Gasteiger partial charge >= 0.3 is 0 Å². The number of nitrogens with one attached hydrogen (secondary N) is 1. The molecule has 6 heteroatoms. The average molecular weight is 358 g/mol. The zero-order chi connectivity index (χ0) is 18.4. The van der Waals surface area contributed by atoms with E-state index in [4.69, 9.17) is 9.47 Å². The molecule has 2 aliphatic heterocycles. The Morgan fingerprint density at radius 1 is 1.38 bits per heavy atom. The second-order valence-corrected chi connectivity index (χ2v) is 6.84. The molecule has 2 heterocycles. The molecule has 26 heavy (non-hydrogen) atoms. The lowest BCUT2D eigenvalue weighted by Gasteiger charge is -2.33. The van der Waals surface area contributed by atoms with Gasteiger partial charge in [0.15, 0.2) is 5.96 Å². The Morgan fingerprint density at radius 3 is 2.96 bits per heavy atom. The van der Waals surface area contributed by atoms with Crippen LogP contribution in [0, 0.1) is 0 Å². The van der Waals surface area contributed by atoms with Gasteiger partial charge in [-0.3, -0.25) is 4.99 Å². The predicted molar refractivity (Wildman–Crippen MR) is 106 cm³/mol. The fourth-order valence-electron chi connectivity index (χ4n) is 3.47. The van der Waals surface area contributed by atoms with Gasteiger partial charge < -0.3 is 24.6 Å². The van der Waals surface area contributed by atoms with Crippen LogP contribution >= 0.6 is 0 Å². The molecule has 0 aromatic heterocycles. The highest BCUT2D eigenvalue weighted by Crippen LogP contribution is 2.25. The lowest BCUT2D eigenvalue weighted by molar-refractivity contribution is -0.0163. The third kappa shape index (κ3) is 4.77. The predicted octanol–water partition coefficient (Wildman–Crippen LogP) is 1.69. The molecule has 6 nitrogen and oxygen atoms in total. The van der Waals surface area contributed by atoms with Gasteiger partial charge in [0, 0.05) is 39.8 Å². The van der Waals surface area contributed by atoms with E-state index in [9.17, 15) is 0 Å². The molecule has 0 amide bonds. The molecule has 3 rings (SSSR count). The summed E-state index contributed by atoms with van der Waals surface area (Å²) in [7, 11) is 5.69. The topological polar surface area (TPSA) is 49.3 Å². The highest BCUT2D eigenvalue weighted by molar-refractivity contribution is 5.81. The molecule has 0 saturated carbocycles. The van der Waals surface area contributed by atoms with Crippen molar-refractivity contribution in [3.05, 3.63) is 35.9 Å². The smallest absolute Gasteiger partial charge is 0.194 e. The molecular formula is C20H30N4O2. The Balaban J connectivity index is 1.55. The van der Waals surface area contributed by atoms with Crippen molar-refractivity contribution in [3.63, 3.8) is 0 Å². The van der Waals surface area contributed by atoms with Crippen molar-refractivity contribution in [2.24, 2.45) is 4.99 Å². The van der Waals surface area contributed by atoms with E-state index >= 15 is 0 Å². The number of rotatable bonds is 4. The van der Waals surface area contributed by atoms with E-state index in [0.29, 0.717) is 0 Å². The number of morpholine rings is 1. The maximum absolute atomic E-state index is 5.83. The summed E-state index contributed by atoms with van der Waals surface area (Å²) < 4.78 is 11.2. The number of methoxy groups -OCH3 is 1. The second kappa shape index (κ2) is 9.05. The molecule has 1 aromatic carbocycles. The van der Waals surface area contributed by atoms with Gasteiger partial charge in [-0.15, -0.1) is 0 Å². The largest absolute Gasteiger partial charge is 0.497 e. The standard InChI is InChI=1S/C20H30N4O2/c1-21-20(22-14-19-15-23(2)11-12-26-19)24-9-7-16(8-10-24)17-5-4-6-18(13-17)25-3/h4-7,13,19H,8-12,14-15H2,1-3H3,(H,21,22). The van der Waals surface area contributed by atoms with E-state index in [1.165, 1.54) is 11.1 Å². The Hall–Kier alpha value is -2.05. The number of guanidine groups is 1. The Morgan fingerprint density at radius 2 is 2.27 bits per heavy atom. The average Bonchev–Trinajstić information content (AvgIpc) is 2.69. The number of likely N-dealkylation sites (N-methyl/N-ethyl adjacent to an activating group) is 1. The van der Waals surface area contributed by atoms with E-state index in [1.807, 2.05) is 19.2 Å². The maximum atomic E-state index is 5.83. The van der Waals surface area contributed by atoms with E-state index in [2.05, 4.69) is 45.4 Å². The van der Waals surface area contributed by atoms with Crippen molar-refractivity contribution in [1.29, 1.82) is 0 Å². The summed E-state index contributed by atoms with van der Waals surface area (Å²) in [5, 5.41) is 3.48. The third-order valence-corrected chi connectivity index (χ3v) is 4.99. The van der Waals surface area contributed by atoms with Crippen LogP contribution in [0.5, 0.6) is 5.75 Å². The molecule has 1 aromatic rings.